The minimum absolute atomic E-state index is 0.0325. The molecule has 1 saturated heterocycles. The van der Waals surface area contributed by atoms with Crippen LogP contribution in [0.15, 0.2) is 36.4 Å². The predicted molar refractivity (Wildman–Crippen MR) is 107 cm³/mol. The van der Waals surface area contributed by atoms with Gasteiger partial charge in [-0.05, 0) is 56.9 Å². The summed E-state index contributed by atoms with van der Waals surface area (Å²) < 4.78 is 5.07. The lowest BCUT2D eigenvalue weighted by Crippen LogP contribution is -2.62. The quantitative estimate of drug-likeness (QED) is 0.740. The highest BCUT2D eigenvalue weighted by Gasteiger charge is 2.45. The second-order valence-corrected chi connectivity index (χ2v) is 7.80. The van der Waals surface area contributed by atoms with Gasteiger partial charge in [0.1, 0.15) is 0 Å². The summed E-state index contributed by atoms with van der Waals surface area (Å²) in [6.07, 6.45) is 1.40. The minimum atomic E-state index is -0.497. The molecule has 1 heterocycles. The summed E-state index contributed by atoms with van der Waals surface area (Å²) in [5.41, 5.74) is 1.76. The molecule has 1 aliphatic rings. The Morgan fingerprint density at radius 3 is 2.56 bits per heavy atom. The molecule has 1 aliphatic heterocycles. The van der Waals surface area contributed by atoms with Gasteiger partial charge in [-0.1, -0.05) is 42.0 Å². The number of cyclic esters (lactones) is 1. The maximum atomic E-state index is 12.5. The Morgan fingerprint density at radius 1 is 1.15 bits per heavy atom. The van der Waals surface area contributed by atoms with Gasteiger partial charge in [-0.2, -0.15) is 0 Å². The molecular formula is C22H28N2O3. The van der Waals surface area contributed by atoms with Crippen molar-refractivity contribution in [2.45, 2.75) is 52.2 Å². The second kappa shape index (κ2) is 7.59. The number of ether oxygens (including phenoxy) is 1. The smallest absolute Gasteiger partial charge is 0.414 e. The Kier molecular flexibility index (Phi) is 5.40. The molecule has 144 valence electrons. The molecule has 2 amide bonds. The van der Waals surface area contributed by atoms with E-state index in [1.807, 2.05) is 26.8 Å². The standard InChI is InChI=1S/C22H28N2O3/c1-15-7-8-19-14-17(9-10-18(19)13-15)16(2)20(25)23-11-5-6-12-24-21(26)27-22(24,3)4/h7-10,13-14,16H,5-6,11-12H2,1-4H3,(H,23,25)/t16-/m0/s1. The molecule has 2 aromatic rings. The van der Waals surface area contributed by atoms with Gasteiger partial charge in [0.05, 0.1) is 5.92 Å². The number of unbranched alkanes of at least 4 members (excludes halogenated alkanes) is 1. The van der Waals surface area contributed by atoms with Gasteiger partial charge in [-0.25, -0.2) is 4.79 Å². The fourth-order valence-electron chi connectivity index (χ4n) is 3.43. The van der Waals surface area contributed by atoms with E-state index < -0.39 is 5.72 Å². The van der Waals surface area contributed by atoms with E-state index in [0.29, 0.717) is 13.1 Å². The Labute approximate surface area is 160 Å². The number of carbonyl (C=O) groups excluding carboxylic acids is 2. The van der Waals surface area contributed by atoms with Crippen molar-refractivity contribution in [2.75, 3.05) is 13.1 Å². The van der Waals surface area contributed by atoms with Crippen LogP contribution in [0.5, 0.6) is 0 Å². The van der Waals surface area contributed by atoms with Crippen LogP contribution in [-0.2, 0) is 9.53 Å². The normalized spacial score (nSPS) is 16.6. The topological polar surface area (TPSA) is 58.6 Å². The highest BCUT2D eigenvalue weighted by molar-refractivity contribution is 5.88. The average molecular weight is 368 g/mol. The predicted octanol–water partition coefficient (Wildman–Crippen LogP) is 4.34. The van der Waals surface area contributed by atoms with E-state index in [1.165, 1.54) is 10.9 Å². The SMILES string of the molecule is Cc1ccc2cc([C@H](C)C(=O)NCCCCN3C(=O)OC3(C)C)ccc2c1. The highest BCUT2D eigenvalue weighted by atomic mass is 16.6. The number of nitrogens with one attached hydrogen (secondary N) is 1. The van der Waals surface area contributed by atoms with Crippen molar-refractivity contribution < 1.29 is 14.3 Å². The molecular weight excluding hydrogens is 340 g/mol. The molecule has 0 spiro atoms. The minimum Gasteiger partial charge on any atom is -0.423 e. The zero-order chi connectivity index (χ0) is 19.6. The van der Waals surface area contributed by atoms with Crippen molar-refractivity contribution in [1.29, 1.82) is 0 Å². The summed E-state index contributed by atoms with van der Waals surface area (Å²) in [7, 11) is 0. The third kappa shape index (κ3) is 4.24. The number of amides is 2. The van der Waals surface area contributed by atoms with Crippen LogP contribution in [0.4, 0.5) is 4.79 Å². The lowest BCUT2D eigenvalue weighted by atomic mass is 9.96. The van der Waals surface area contributed by atoms with Crippen molar-refractivity contribution in [1.82, 2.24) is 10.2 Å². The number of hydrogen-bond donors (Lipinski definition) is 1. The first-order valence-electron chi connectivity index (χ1n) is 9.56. The first-order valence-corrected chi connectivity index (χ1v) is 9.56. The molecule has 0 bridgehead atoms. The lowest BCUT2D eigenvalue weighted by Gasteiger charge is -2.46. The molecule has 5 nitrogen and oxygen atoms in total. The largest absolute Gasteiger partial charge is 0.423 e. The van der Waals surface area contributed by atoms with Crippen molar-refractivity contribution in [2.24, 2.45) is 0 Å². The van der Waals surface area contributed by atoms with Gasteiger partial charge in [0.25, 0.3) is 0 Å². The van der Waals surface area contributed by atoms with Crippen molar-refractivity contribution in [3.63, 3.8) is 0 Å². The van der Waals surface area contributed by atoms with Gasteiger partial charge in [-0.15, -0.1) is 0 Å². The van der Waals surface area contributed by atoms with Gasteiger partial charge in [0, 0.05) is 13.1 Å². The third-order valence-electron chi connectivity index (χ3n) is 5.23. The van der Waals surface area contributed by atoms with E-state index >= 15 is 0 Å². The summed E-state index contributed by atoms with van der Waals surface area (Å²) >= 11 is 0. The van der Waals surface area contributed by atoms with E-state index in [0.717, 1.165) is 23.8 Å². The Balaban J connectivity index is 1.46. The van der Waals surface area contributed by atoms with Crippen LogP contribution in [0, 0.1) is 6.92 Å². The molecule has 1 fully saturated rings. The van der Waals surface area contributed by atoms with Crippen molar-refractivity contribution >= 4 is 22.8 Å². The van der Waals surface area contributed by atoms with E-state index in [9.17, 15) is 9.59 Å². The fraction of sp³-hybridized carbons (Fsp3) is 0.455. The molecule has 5 heteroatoms. The molecule has 0 unspecified atom stereocenters. The van der Waals surface area contributed by atoms with E-state index in [-0.39, 0.29) is 17.9 Å². The van der Waals surface area contributed by atoms with Crippen LogP contribution in [0.1, 0.15) is 50.7 Å². The van der Waals surface area contributed by atoms with Gasteiger partial charge in [-0.3, -0.25) is 9.69 Å². The number of nitrogens with zero attached hydrogens (tertiary/aromatic N) is 1. The first kappa shape index (κ1) is 19.2. The number of fused-ring (bicyclic) bond motifs is 1. The van der Waals surface area contributed by atoms with Crippen LogP contribution in [0.3, 0.4) is 0 Å². The number of carbonyl (C=O) groups is 2. The number of benzene rings is 2. The zero-order valence-electron chi connectivity index (χ0n) is 16.5. The zero-order valence-corrected chi connectivity index (χ0v) is 16.5. The maximum Gasteiger partial charge on any atom is 0.414 e. The van der Waals surface area contributed by atoms with Crippen LogP contribution >= 0.6 is 0 Å². The summed E-state index contributed by atoms with van der Waals surface area (Å²) in [6, 6.07) is 12.5. The molecule has 1 atom stereocenters. The second-order valence-electron chi connectivity index (χ2n) is 7.80. The Hall–Kier alpha value is -2.56. The van der Waals surface area contributed by atoms with Gasteiger partial charge >= 0.3 is 6.09 Å². The molecule has 2 aromatic carbocycles. The molecule has 0 radical (unpaired) electrons. The van der Waals surface area contributed by atoms with E-state index in [2.05, 4.69) is 42.6 Å². The Bertz CT molecular complexity index is 860. The van der Waals surface area contributed by atoms with Crippen LogP contribution < -0.4 is 5.32 Å². The number of hydrogen-bond acceptors (Lipinski definition) is 3. The van der Waals surface area contributed by atoms with E-state index in [4.69, 9.17) is 4.74 Å². The summed E-state index contributed by atoms with van der Waals surface area (Å²) in [5, 5.41) is 5.35. The Morgan fingerprint density at radius 2 is 1.85 bits per heavy atom. The van der Waals surface area contributed by atoms with Crippen LogP contribution in [0.2, 0.25) is 0 Å². The number of aryl methyl sites for hydroxylation is 1. The van der Waals surface area contributed by atoms with Gasteiger partial charge in [0.2, 0.25) is 5.91 Å². The fourth-order valence-corrected chi connectivity index (χ4v) is 3.43. The summed E-state index contributed by atoms with van der Waals surface area (Å²) in [5.74, 6) is -0.162. The molecule has 0 aromatic heterocycles. The molecule has 3 rings (SSSR count). The number of rotatable bonds is 7. The average Bonchev–Trinajstić information content (AvgIpc) is 2.62. The molecule has 1 N–H and O–H groups in total. The van der Waals surface area contributed by atoms with Gasteiger partial charge in [0.15, 0.2) is 5.72 Å². The maximum absolute atomic E-state index is 12.5. The highest BCUT2D eigenvalue weighted by Crippen LogP contribution is 2.28. The monoisotopic (exact) mass is 368 g/mol. The van der Waals surface area contributed by atoms with Crippen LogP contribution in [-0.4, -0.2) is 35.7 Å². The molecule has 0 aliphatic carbocycles. The lowest BCUT2D eigenvalue weighted by molar-refractivity contribution is -0.162. The molecule has 27 heavy (non-hydrogen) atoms. The van der Waals surface area contributed by atoms with Crippen LogP contribution in [0.25, 0.3) is 10.8 Å². The van der Waals surface area contributed by atoms with Crippen molar-refractivity contribution in [3.05, 3.63) is 47.5 Å². The third-order valence-corrected chi connectivity index (χ3v) is 5.23. The van der Waals surface area contributed by atoms with Crippen molar-refractivity contribution in [3.8, 4) is 0 Å². The van der Waals surface area contributed by atoms with Gasteiger partial charge < -0.3 is 10.1 Å². The first-order chi connectivity index (χ1) is 12.8. The summed E-state index contributed by atoms with van der Waals surface area (Å²) in [6.45, 7) is 9.03. The summed E-state index contributed by atoms with van der Waals surface area (Å²) in [4.78, 5) is 25.6. The molecule has 0 saturated carbocycles. The van der Waals surface area contributed by atoms with E-state index in [1.54, 1.807) is 4.90 Å².